The molecule has 0 aliphatic heterocycles. The molecule has 0 aromatic heterocycles. The number of hydrogen-bond acceptors (Lipinski definition) is 6. The summed E-state index contributed by atoms with van der Waals surface area (Å²) in [5.74, 6) is -1.63. The van der Waals surface area contributed by atoms with Crippen LogP contribution in [0.2, 0.25) is 0 Å². The second kappa shape index (κ2) is 9.13. The van der Waals surface area contributed by atoms with Gasteiger partial charge in [0.15, 0.2) is 0 Å². The molecule has 0 bridgehead atoms. The SMILES string of the molecule is NC(CS)C(=O)O.N[C@H](CS)C(=O)O. The number of carboxylic acids is 2. The van der Waals surface area contributed by atoms with Gasteiger partial charge in [0.2, 0.25) is 0 Å². The molecule has 0 aromatic rings. The molecule has 0 spiro atoms. The van der Waals surface area contributed by atoms with Crippen LogP contribution in [0.1, 0.15) is 0 Å². The highest BCUT2D eigenvalue weighted by molar-refractivity contribution is 7.80. The van der Waals surface area contributed by atoms with Gasteiger partial charge in [-0.05, 0) is 0 Å². The summed E-state index contributed by atoms with van der Waals surface area (Å²) < 4.78 is 0. The number of nitrogens with two attached hydrogens (primary N) is 2. The Morgan fingerprint density at radius 2 is 1.21 bits per heavy atom. The first-order chi connectivity index (χ1) is 6.36. The third-order valence-corrected chi connectivity index (χ3v) is 1.81. The first-order valence-electron chi connectivity index (χ1n) is 3.55. The molecule has 0 fully saturated rings. The molecule has 0 aliphatic rings. The molecular formula is C6H14N2O4S2. The summed E-state index contributed by atoms with van der Waals surface area (Å²) in [5.41, 5.74) is 9.88. The predicted molar refractivity (Wildman–Crippen MR) is 58.9 cm³/mol. The number of hydrogen-bond donors (Lipinski definition) is 6. The molecule has 2 atom stereocenters. The molecule has 1 unspecified atom stereocenters. The van der Waals surface area contributed by atoms with Crippen LogP contribution in [0, 0.1) is 0 Å². The summed E-state index contributed by atoms with van der Waals surface area (Å²) in [6.07, 6.45) is 0. The fourth-order valence-corrected chi connectivity index (χ4v) is 0.469. The van der Waals surface area contributed by atoms with Crippen LogP contribution < -0.4 is 11.5 Å². The monoisotopic (exact) mass is 242 g/mol. The highest BCUT2D eigenvalue weighted by Crippen LogP contribution is 1.80. The number of thiol groups is 2. The summed E-state index contributed by atoms with van der Waals surface area (Å²) in [4.78, 5) is 19.5. The normalized spacial score (nSPS) is 13.4. The molecule has 84 valence electrons. The van der Waals surface area contributed by atoms with Gasteiger partial charge in [-0.25, -0.2) is 0 Å². The van der Waals surface area contributed by atoms with E-state index in [1.165, 1.54) is 0 Å². The van der Waals surface area contributed by atoms with Crippen molar-refractivity contribution in [3.05, 3.63) is 0 Å². The number of carboxylic acid groups (broad SMARTS) is 2. The lowest BCUT2D eigenvalue weighted by Gasteiger charge is -1.96. The van der Waals surface area contributed by atoms with Crippen molar-refractivity contribution >= 4 is 37.2 Å². The van der Waals surface area contributed by atoms with Gasteiger partial charge in [0.05, 0.1) is 0 Å². The molecule has 8 heteroatoms. The van der Waals surface area contributed by atoms with E-state index in [1.807, 2.05) is 0 Å². The fourth-order valence-electron chi connectivity index (χ4n) is 0.156. The third-order valence-electron chi connectivity index (χ3n) is 1.03. The predicted octanol–water partition coefficient (Wildman–Crippen LogP) is -1.34. The minimum absolute atomic E-state index is 0.190. The smallest absolute Gasteiger partial charge is 0.321 e. The summed E-state index contributed by atoms with van der Waals surface area (Å²) >= 11 is 7.30. The summed E-state index contributed by atoms with van der Waals surface area (Å²) in [7, 11) is 0. The van der Waals surface area contributed by atoms with Crippen molar-refractivity contribution in [3.8, 4) is 0 Å². The van der Waals surface area contributed by atoms with Crippen molar-refractivity contribution in [1.29, 1.82) is 0 Å². The van der Waals surface area contributed by atoms with Crippen LogP contribution in [0.15, 0.2) is 0 Å². The molecule has 0 radical (unpaired) electrons. The molecule has 0 saturated carbocycles. The van der Waals surface area contributed by atoms with Gasteiger partial charge in [-0.1, -0.05) is 0 Å². The lowest BCUT2D eigenvalue weighted by molar-refractivity contribution is -0.138. The Hall–Kier alpha value is -0.440. The maximum atomic E-state index is 9.76. The number of aliphatic carboxylic acids is 2. The van der Waals surface area contributed by atoms with Gasteiger partial charge in [0.1, 0.15) is 12.1 Å². The fraction of sp³-hybridized carbons (Fsp3) is 0.667. The van der Waals surface area contributed by atoms with Gasteiger partial charge in [-0.2, -0.15) is 25.3 Å². The van der Waals surface area contributed by atoms with Crippen LogP contribution in [0.25, 0.3) is 0 Å². The second-order valence-electron chi connectivity index (χ2n) is 2.25. The number of carbonyl (C=O) groups is 2. The Morgan fingerprint density at radius 1 is 1.00 bits per heavy atom. The summed E-state index contributed by atoms with van der Waals surface area (Å²) in [6, 6.07) is -1.63. The highest BCUT2D eigenvalue weighted by atomic mass is 32.1. The molecule has 6 N–H and O–H groups in total. The first kappa shape index (κ1) is 16.0. The topological polar surface area (TPSA) is 127 Å². The molecule has 14 heavy (non-hydrogen) atoms. The highest BCUT2D eigenvalue weighted by Gasteiger charge is 2.06. The van der Waals surface area contributed by atoms with E-state index in [4.69, 9.17) is 21.7 Å². The Bertz CT molecular complexity index is 171. The van der Waals surface area contributed by atoms with Crippen molar-refractivity contribution in [3.63, 3.8) is 0 Å². The standard InChI is InChI=1S/2C3H7NO2S/c2*4-2(1-7)3(5)6/h2*2,7H,1,4H2,(H,5,6)/t2-;/m1./s1. The van der Waals surface area contributed by atoms with Crippen LogP contribution in [-0.2, 0) is 9.59 Å². The molecule has 0 rings (SSSR count). The second-order valence-corrected chi connectivity index (χ2v) is 2.98. The van der Waals surface area contributed by atoms with E-state index in [9.17, 15) is 9.59 Å². The van der Waals surface area contributed by atoms with Crippen molar-refractivity contribution in [2.45, 2.75) is 12.1 Å². The molecule has 6 nitrogen and oxygen atoms in total. The van der Waals surface area contributed by atoms with Crippen molar-refractivity contribution in [2.24, 2.45) is 11.5 Å². The van der Waals surface area contributed by atoms with E-state index < -0.39 is 24.0 Å². The van der Waals surface area contributed by atoms with E-state index in [0.717, 1.165) is 0 Å². The van der Waals surface area contributed by atoms with Crippen molar-refractivity contribution in [1.82, 2.24) is 0 Å². The van der Waals surface area contributed by atoms with Crippen LogP contribution in [0.3, 0.4) is 0 Å². The van der Waals surface area contributed by atoms with E-state index in [0.29, 0.717) is 0 Å². The third kappa shape index (κ3) is 9.65. The van der Waals surface area contributed by atoms with Crippen LogP contribution in [0.4, 0.5) is 0 Å². The maximum Gasteiger partial charge on any atom is 0.321 e. The van der Waals surface area contributed by atoms with Crippen molar-refractivity contribution in [2.75, 3.05) is 11.5 Å². The van der Waals surface area contributed by atoms with Crippen molar-refractivity contribution < 1.29 is 19.8 Å². The Morgan fingerprint density at radius 3 is 1.21 bits per heavy atom. The average molecular weight is 242 g/mol. The van der Waals surface area contributed by atoms with Gasteiger partial charge < -0.3 is 21.7 Å². The first-order valence-corrected chi connectivity index (χ1v) is 4.81. The van der Waals surface area contributed by atoms with Crippen LogP contribution in [0.5, 0.6) is 0 Å². The van der Waals surface area contributed by atoms with Gasteiger partial charge in [-0.15, -0.1) is 0 Å². The Balaban J connectivity index is 0. The average Bonchev–Trinajstić information content (AvgIpc) is 2.15. The molecule has 0 heterocycles. The largest absolute Gasteiger partial charge is 0.480 e. The minimum atomic E-state index is -1.00. The molecule has 0 aliphatic carbocycles. The van der Waals surface area contributed by atoms with Gasteiger partial charge in [0, 0.05) is 11.5 Å². The van der Waals surface area contributed by atoms with E-state index in [-0.39, 0.29) is 11.5 Å². The molecule has 0 amide bonds. The minimum Gasteiger partial charge on any atom is -0.480 e. The zero-order valence-corrected chi connectivity index (χ0v) is 9.12. The molecular weight excluding hydrogens is 228 g/mol. The van der Waals surface area contributed by atoms with Gasteiger partial charge in [-0.3, -0.25) is 9.59 Å². The maximum absolute atomic E-state index is 9.76. The number of rotatable bonds is 4. The molecule has 0 aromatic carbocycles. The summed E-state index contributed by atoms with van der Waals surface area (Å²) in [5, 5.41) is 16.0. The van der Waals surface area contributed by atoms with E-state index >= 15 is 0 Å². The lowest BCUT2D eigenvalue weighted by Crippen LogP contribution is -2.31. The van der Waals surface area contributed by atoms with Gasteiger partial charge in [0.25, 0.3) is 0 Å². The Labute approximate surface area is 92.5 Å². The van der Waals surface area contributed by atoms with E-state index in [1.54, 1.807) is 0 Å². The van der Waals surface area contributed by atoms with Gasteiger partial charge >= 0.3 is 11.9 Å². The summed E-state index contributed by atoms with van der Waals surface area (Å²) in [6.45, 7) is 0. The van der Waals surface area contributed by atoms with Crippen LogP contribution >= 0.6 is 25.3 Å². The molecule has 0 saturated heterocycles. The Kier molecular flexibility index (Phi) is 10.4. The zero-order chi connectivity index (χ0) is 11.7. The quantitative estimate of drug-likeness (QED) is 0.339. The van der Waals surface area contributed by atoms with E-state index in [2.05, 4.69) is 25.3 Å². The zero-order valence-electron chi connectivity index (χ0n) is 7.33. The lowest BCUT2D eigenvalue weighted by atomic mass is 10.4. The van der Waals surface area contributed by atoms with Crippen LogP contribution in [-0.4, -0.2) is 45.7 Å².